The number of benzene rings is 4. The second-order valence-corrected chi connectivity index (χ2v) is 16.4. The molecule has 0 fully saturated rings. The van der Waals surface area contributed by atoms with Gasteiger partial charge < -0.3 is 15.3 Å². The first-order chi connectivity index (χ1) is 19.9. The van der Waals surface area contributed by atoms with Gasteiger partial charge in [0, 0.05) is 0 Å². The van der Waals surface area contributed by atoms with Crippen molar-refractivity contribution in [3.8, 4) is 5.75 Å². The third kappa shape index (κ3) is 27.0. The maximum absolute atomic E-state index is 9.01. The van der Waals surface area contributed by atoms with Crippen LogP contribution < -0.4 is 0 Å². The topological polar surface area (TPSA) is 60.7 Å². The standard InChI is InChI=1S/2C10H14O.C8H10.C7H8O.BBr3/c2*1-9(11)7-8-10-5-3-2-4-6-10;1-7-3-5-8(2)6-4-7;1-6-2-4-7(8)5-3-6;2-1(3)4/h2*2-6,9,11H,7-8H2,1H3;3-6H,1-2H3;2-5,8H,1H3;. The van der Waals surface area contributed by atoms with Gasteiger partial charge in [-0.05, 0) is 83.6 Å². The van der Waals surface area contributed by atoms with E-state index >= 15 is 0 Å². The zero-order valence-corrected chi connectivity index (χ0v) is 30.2. The van der Waals surface area contributed by atoms with Gasteiger partial charge in [-0.2, -0.15) is 0 Å². The summed E-state index contributed by atoms with van der Waals surface area (Å²) < 4.78 is 0.271. The van der Waals surface area contributed by atoms with Gasteiger partial charge in [0.1, 0.15) is 5.75 Å². The Balaban J connectivity index is 0.000000516. The minimum absolute atomic E-state index is 0.185. The Morgan fingerprint density at radius 1 is 0.524 bits per heavy atom. The Labute approximate surface area is 279 Å². The molecule has 4 aromatic carbocycles. The number of phenolic OH excluding ortho intramolecular Hbond substituents is 1. The molecule has 0 aliphatic heterocycles. The van der Waals surface area contributed by atoms with Crippen molar-refractivity contribution in [1.82, 2.24) is 0 Å². The van der Waals surface area contributed by atoms with Crippen LogP contribution >= 0.6 is 47.3 Å². The SMILES string of the molecule is BrB(Br)Br.CC(O)CCc1ccccc1.CC(O)CCc1ccccc1.Cc1ccc(C)cc1.Cc1ccc(O)cc1. The summed E-state index contributed by atoms with van der Waals surface area (Å²) in [5.41, 5.74) is 6.43. The second kappa shape index (κ2) is 25.6. The Hall–Kier alpha value is -1.90. The Morgan fingerprint density at radius 2 is 0.786 bits per heavy atom. The fourth-order valence-corrected chi connectivity index (χ4v) is 3.22. The van der Waals surface area contributed by atoms with E-state index in [1.807, 2.05) is 69.3 Å². The lowest BCUT2D eigenvalue weighted by atomic mass is 10.1. The zero-order valence-electron chi connectivity index (χ0n) is 25.4. The average Bonchev–Trinajstić information content (AvgIpc) is 2.96. The van der Waals surface area contributed by atoms with Crippen molar-refractivity contribution in [3.05, 3.63) is 137 Å². The van der Waals surface area contributed by atoms with Gasteiger partial charge >= 0.3 is 3.18 Å². The normalized spacial score (nSPS) is 10.9. The molecule has 3 N–H and O–H groups in total. The minimum atomic E-state index is -0.185. The molecule has 42 heavy (non-hydrogen) atoms. The molecule has 2 atom stereocenters. The minimum Gasteiger partial charge on any atom is -0.508 e. The van der Waals surface area contributed by atoms with Crippen LogP contribution in [0.5, 0.6) is 5.75 Å². The van der Waals surface area contributed by atoms with Crippen molar-refractivity contribution < 1.29 is 15.3 Å². The number of aromatic hydroxyl groups is 1. The molecule has 0 saturated carbocycles. The van der Waals surface area contributed by atoms with Crippen LogP contribution in [0.2, 0.25) is 0 Å². The molecule has 0 aliphatic carbocycles. The van der Waals surface area contributed by atoms with Crippen LogP contribution in [0.4, 0.5) is 0 Å². The summed E-state index contributed by atoms with van der Waals surface area (Å²) in [6.45, 7) is 9.82. The summed E-state index contributed by atoms with van der Waals surface area (Å²) >= 11 is 9.31. The van der Waals surface area contributed by atoms with Crippen LogP contribution in [0, 0.1) is 20.8 Å². The lowest BCUT2D eigenvalue weighted by Crippen LogP contribution is -2.00. The molecule has 7 heteroatoms. The first kappa shape index (κ1) is 40.1. The number of hydrogen-bond acceptors (Lipinski definition) is 3. The van der Waals surface area contributed by atoms with Crippen LogP contribution in [0.15, 0.2) is 109 Å². The molecule has 3 nitrogen and oxygen atoms in total. The molecule has 0 spiro atoms. The van der Waals surface area contributed by atoms with Crippen LogP contribution in [-0.4, -0.2) is 30.7 Å². The number of hydrogen-bond donors (Lipinski definition) is 3. The van der Waals surface area contributed by atoms with E-state index in [0.717, 1.165) is 25.7 Å². The van der Waals surface area contributed by atoms with Gasteiger partial charge in [-0.3, -0.25) is 0 Å². The van der Waals surface area contributed by atoms with E-state index in [-0.39, 0.29) is 15.4 Å². The van der Waals surface area contributed by atoms with Crippen LogP contribution in [-0.2, 0) is 12.8 Å². The monoisotopic (exact) mass is 762 g/mol. The number of aliphatic hydroxyl groups is 2. The first-order valence-electron chi connectivity index (χ1n) is 14.0. The number of aryl methyl sites for hydroxylation is 5. The second-order valence-electron chi connectivity index (χ2n) is 9.98. The predicted molar refractivity (Wildman–Crippen MR) is 194 cm³/mol. The zero-order chi connectivity index (χ0) is 31.8. The summed E-state index contributed by atoms with van der Waals surface area (Å²) in [5.74, 6) is 0.329. The first-order valence-corrected chi connectivity index (χ1v) is 16.8. The van der Waals surface area contributed by atoms with Crippen molar-refractivity contribution in [2.75, 3.05) is 0 Å². The van der Waals surface area contributed by atoms with Gasteiger partial charge in [0.2, 0.25) is 0 Å². The highest BCUT2D eigenvalue weighted by atomic mass is 79.9. The van der Waals surface area contributed by atoms with Gasteiger partial charge in [-0.15, -0.1) is 47.3 Å². The van der Waals surface area contributed by atoms with E-state index in [4.69, 9.17) is 15.3 Å². The number of aliphatic hydroxyl groups excluding tert-OH is 2. The fourth-order valence-electron chi connectivity index (χ4n) is 3.22. The van der Waals surface area contributed by atoms with Crippen molar-refractivity contribution in [2.24, 2.45) is 0 Å². The van der Waals surface area contributed by atoms with E-state index in [1.165, 1.54) is 27.8 Å². The van der Waals surface area contributed by atoms with Crippen molar-refractivity contribution in [2.45, 2.75) is 72.5 Å². The summed E-state index contributed by atoms with van der Waals surface area (Å²) in [6.07, 6.45) is 3.27. The molecule has 4 rings (SSSR count). The van der Waals surface area contributed by atoms with E-state index in [1.54, 1.807) is 12.1 Å². The fraction of sp³-hybridized carbons (Fsp3) is 0.314. The molecular weight excluding hydrogens is 719 g/mol. The smallest absolute Gasteiger partial charge is 0.369 e. The van der Waals surface area contributed by atoms with E-state index < -0.39 is 0 Å². The quantitative estimate of drug-likeness (QED) is 0.171. The summed E-state index contributed by atoms with van der Waals surface area (Å²) in [5, 5.41) is 26.8. The Morgan fingerprint density at radius 3 is 1.02 bits per heavy atom. The molecule has 0 aliphatic rings. The van der Waals surface area contributed by atoms with Crippen LogP contribution in [0.3, 0.4) is 0 Å². The Bertz CT molecular complexity index is 1000. The van der Waals surface area contributed by atoms with Gasteiger partial charge in [0.15, 0.2) is 0 Å². The summed E-state index contributed by atoms with van der Waals surface area (Å²) in [4.78, 5) is 0. The lowest BCUT2D eigenvalue weighted by molar-refractivity contribution is 0.184. The molecule has 2 unspecified atom stereocenters. The molecule has 0 heterocycles. The molecule has 0 bridgehead atoms. The third-order valence-electron chi connectivity index (χ3n) is 5.64. The summed E-state index contributed by atoms with van der Waals surface area (Å²) in [6, 6.07) is 36.0. The lowest BCUT2D eigenvalue weighted by Gasteiger charge is -2.02. The molecule has 0 amide bonds. The van der Waals surface area contributed by atoms with Crippen molar-refractivity contribution in [3.63, 3.8) is 0 Å². The largest absolute Gasteiger partial charge is 0.508 e. The molecule has 4 aromatic rings. The van der Waals surface area contributed by atoms with Crippen molar-refractivity contribution in [1.29, 1.82) is 0 Å². The van der Waals surface area contributed by atoms with E-state index in [0.29, 0.717) is 5.75 Å². The van der Waals surface area contributed by atoms with Gasteiger partial charge in [-0.25, -0.2) is 0 Å². The number of phenols is 1. The highest BCUT2D eigenvalue weighted by Crippen LogP contribution is 2.08. The highest BCUT2D eigenvalue weighted by Gasteiger charge is 1.96. The van der Waals surface area contributed by atoms with Crippen molar-refractivity contribution >= 4 is 50.5 Å². The molecule has 0 aromatic heterocycles. The summed E-state index contributed by atoms with van der Waals surface area (Å²) in [7, 11) is 0. The molecular formula is C35H46BBr3O3. The predicted octanol–water partition coefficient (Wildman–Crippen LogP) is 10.2. The van der Waals surface area contributed by atoms with Crippen LogP contribution in [0.1, 0.15) is 54.5 Å². The Kier molecular flexibility index (Phi) is 24.4. The van der Waals surface area contributed by atoms with Gasteiger partial charge in [-0.1, -0.05) is 114 Å². The van der Waals surface area contributed by atoms with E-state index in [2.05, 4.69) is 110 Å². The number of rotatable bonds is 6. The average molecular weight is 765 g/mol. The maximum atomic E-state index is 9.01. The van der Waals surface area contributed by atoms with Gasteiger partial charge in [0.05, 0.1) is 12.2 Å². The molecule has 0 saturated heterocycles. The van der Waals surface area contributed by atoms with Gasteiger partial charge in [0.25, 0.3) is 0 Å². The molecule has 228 valence electrons. The molecule has 0 radical (unpaired) electrons. The third-order valence-corrected chi connectivity index (χ3v) is 5.64. The van der Waals surface area contributed by atoms with Crippen LogP contribution in [0.25, 0.3) is 0 Å². The highest BCUT2D eigenvalue weighted by molar-refractivity contribution is 9.69. The number of halogens is 3. The maximum Gasteiger partial charge on any atom is 0.369 e. The van der Waals surface area contributed by atoms with E-state index in [9.17, 15) is 0 Å².